The third-order valence-electron chi connectivity index (χ3n) is 4.14. The van der Waals surface area contributed by atoms with Gasteiger partial charge in [0.05, 0.1) is 12.1 Å². The van der Waals surface area contributed by atoms with E-state index in [1.165, 1.54) is 0 Å². The number of rotatable bonds is 4. The van der Waals surface area contributed by atoms with E-state index in [9.17, 15) is 4.79 Å². The van der Waals surface area contributed by atoms with E-state index in [0.717, 1.165) is 31.6 Å². The van der Waals surface area contributed by atoms with Crippen LogP contribution in [0.25, 0.3) is 0 Å². The molecule has 1 aliphatic rings. The van der Waals surface area contributed by atoms with Crippen molar-refractivity contribution in [2.45, 2.75) is 32.9 Å². The standard InChI is InChI=1S/C16H23ClN2O2/c1-11-10-19(12(2)20)7-6-15(11)18-9-13-4-5-16(21-3)14(17)8-13/h4-5,8,11,15,18H,6-7,9-10H2,1-3H3/t11-,15-/m1/s1. The second kappa shape index (κ2) is 7.14. The van der Waals surface area contributed by atoms with E-state index in [-0.39, 0.29) is 5.91 Å². The molecule has 1 amide bonds. The molecule has 0 saturated carbocycles. The normalized spacial score (nSPS) is 22.2. The predicted octanol–water partition coefficient (Wildman–Crippen LogP) is 2.70. The minimum Gasteiger partial charge on any atom is -0.495 e. The van der Waals surface area contributed by atoms with Crippen LogP contribution in [0.2, 0.25) is 5.02 Å². The van der Waals surface area contributed by atoms with E-state index >= 15 is 0 Å². The summed E-state index contributed by atoms with van der Waals surface area (Å²) in [6.07, 6.45) is 0.991. The van der Waals surface area contributed by atoms with Crippen LogP contribution in [-0.2, 0) is 11.3 Å². The lowest BCUT2D eigenvalue weighted by atomic mass is 9.93. The molecule has 1 aliphatic heterocycles. The third-order valence-corrected chi connectivity index (χ3v) is 4.43. The number of piperidine rings is 1. The minimum atomic E-state index is 0.169. The third kappa shape index (κ3) is 4.11. The van der Waals surface area contributed by atoms with Crippen molar-refractivity contribution in [2.24, 2.45) is 5.92 Å². The highest BCUT2D eigenvalue weighted by atomic mass is 35.5. The Hall–Kier alpha value is -1.26. The van der Waals surface area contributed by atoms with Gasteiger partial charge in [-0.25, -0.2) is 0 Å². The lowest BCUT2D eigenvalue weighted by Gasteiger charge is -2.37. The van der Waals surface area contributed by atoms with E-state index in [1.807, 2.05) is 23.1 Å². The van der Waals surface area contributed by atoms with Crippen molar-refractivity contribution >= 4 is 17.5 Å². The van der Waals surface area contributed by atoms with Gasteiger partial charge in [0.1, 0.15) is 5.75 Å². The lowest BCUT2D eigenvalue weighted by molar-refractivity contribution is -0.130. The SMILES string of the molecule is COc1ccc(CN[C@@H]2CCN(C(C)=O)C[C@H]2C)cc1Cl. The number of hydrogen-bond donors (Lipinski definition) is 1. The molecule has 0 aliphatic carbocycles. The maximum absolute atomic E-state index is 11.4. The fourth-order valence-corrected chi connectivity index (χ4v) is 3.08. The topological polar surface area (TPSA) is 41.6 Å². The van der Waals surface area contributed by atoms with E-state index in [2.05, 4.69) is 12.2 Å². The Morgan fingerprint density at radius 3 is 2.86 bits per heavy atom. The summed E-state index contributed by atoms with van der Waals surface area (Å²) < 4.78 is 5.16. The van der Waals surface area contributed by atoms with Crippen molar-refractivity contribution in [3.05, 3.63) is 28.8 Å². The van der Waals surface area contributed by atoms with Gasteiger partial charge in [-0.1, -0.05) is 24.6 Å². The Kier molecular flexibility index (Phi) is 5.48. The van der Waals surface area contributed by atoms with Crippen molar-refractivity contribution < 1.29 is 9.53 Å². The molecule has 1 aromatic rings. The average molecular weight is 311 g/mol. The molecule has 0 aromatic heterocycles. The molecule has 1 fully saturated rings. The van der Waals surface area contributed by atoms with Crippen LogP contribution < -0.4 is 10.1 Å². The van der Waals surface area contributed by atoms with Crippen LogP contribution in [0.4, 0.5) is 0 Å². The van der Waals surface area contributed by atoms with Crippen molar-refractivity contribution in [1.82, 2.24) is 10.2 Å². The van der Waals surface area contributed by atoms with E-state index in [4.69, 9.17) is 16.3 Å². The fraction of sp³-hybridized carbons (Fsp3) is 0.562. The predicted molar refractivity (Wildman–Crippen MR) is 84.7 cm³/mol. The highest BCUT2D eigenvalue weighted by Gasteiger charge is 2.26. The number of nitrogens with zero attached hydrogens (tertiary/aromatic N) is 1. The number of hydrogen-bond acceptors (Lipinski definition) is 3. The number of amides is 1. The number of nitrogens with one attached hydrogen (secondary N) is 1. The van der Waals surface area contributed by atoms with Gasteiger partial charge in [-0.2, -0.15) is 0 Å². The molecular formula is C16H23ClN2O2. The van der Waals surface area contributed by atoms with Gasteiger partial charge in [0.25, 0.3) is 0 Å². The molecule has 2 rings (SSSR count). The molecule has 0 spiro atoms. The molecule has 21 heavy (non-hydrogen) atoms. The summed E-state index contributed by atoms with van der Waals surface area (Å²) in [5.41, 5.74) is 1.14. The smallest absolute Gasteiger partial charge is 0.219 e. The molecule has 116 valence electrons. The zero-order valence-corrected chi connectivity index (χ0v) is 13.6. The van der Waals surface area contributed by atoms with Gasteiger partial charge >= 0.3 is 0 Å². The van der Waals surface area contributed by atoms with Crippen LogP contribution in [0.1, 0.15) is 25.8 Å². The summed E-state index contributed by atoms with van der Waals surface area (Å²) in [6.45, 7) is 6.27. The molecule has 1 N–H and O–H groups in total. The van der Waals surface area contributed by atoms with Crippen LogP contribution in [0.5, 0.6) is 5.75 Å². The first kappa shape index (κ1) is 16.1. The Morgan fingerprint density at radius 2 is 2.29 bits per heavy atom. The Morgan fingerprint density at radius 1 is 1.52 bits per heavy atom. The number of halogens is 1. The van der Waals surface area contributed by atoms with Crippen molar-refractivity contribution in [3.8, 4) is 5.75 Å². The van der Waals surface area contributed by atoms with Crippen molar-refractivity contribution in [1.29, 1.82) is 0 Å². The van der Waals surface area contributed by atoms with Gasteiger partial charge in [-0.3, -0.25) is 4.79 Å². The van der Waals surface area contributed by atoms with E-state index in [1.54, 1.807) is 14.0 Å². The number of ether oxygens (including phenoxy) is 1. The quantitative estimate of drug-likeness (QED) is 0.929. The van der Waals surface area contributed by atoms with Crippen LogP contribution in [-0.4, -0.2) is 37.0 Å². The summed E-state index contributed by atoms with van der Waals surface area (Å²) in [7, 11) is 1.61. The highest BCUT2D eigenvalue weighted by Crippen LogP contribution is 2.25. The number of carbonyl (C=O) groups excluding carboxylic acids is 1. The number of benzene rings is 1. The lowest BCUT2D eigenvalue weighted by Crippen LogP contribution is -2.49. The molecule has 1 aromatic carbocycles. The number of carbonyl (C=O) groups is 1. The van der Waals surface area contributed by atoms with Crippen molar-refractivity contribution in [2.75, 3.05) is 20.2 Å². The van der Waals surface area contributed by atoms with Gasteiger partial charge in [0, 0.05) is 32.6 Å². The maximum Gasteiger partial charge on any atom is 0.219 e. The van der Waals surface area contributed by atoms with E-state index in [0.29, 0.717) is 22.7 Å². The Labute approximate surface area is 131 Å². The Balaban J connectivity index is 1.89. The summed E-state index contributed by atoms with van der Waals surface area (Å²) in [6, 6.07) is 6.28. The van der Waals surface area contributed by atoms with Gasteiger partial charge < -0.3 is 15.0 Å². The van der Waals surface area contributed by atoms with Gasteiger partial charge in [-0.05, 0) is 30.0 Å². The Bertz CT molecular complexity index is 507. The zero-order valence-electron chi connectivity index (χ0n) is 12.9. The highest BCUT2D eigenvalue weighted by molar-refractivity contribution is 6.32. The summed E-state index contributed by atoms with van der Waals surface area (Å²) in [5, 5.41) is 4.21. The molecule has 2 atom stereocenters. The van der Waals surface area contributed by atoms with Gasteiger partial charge in [0.15, 0.2) is 0 Å². The van der Waals surface area contributed by atoms with Crippen LogP contribution in [0.3, 0.4) is 0 Å². The summed E-state index contributed by atoms with van der Waals surface area (Å²) >= 11 is 6.14. The first-order chi connectivity index (χ1) is 10.0. The molecule has 0 bridgehead atoms. The molecule has 1 saturated heterocycles. The maximum atomic E-state index is 11.4. The van der Waals surface area contributed by atoms with Crippen LogP contribution >= 0.6 is 11.6 Å². The second-order valence-electron chi connectivity index (χ2n) is 5.69. The molecular weight excluding hydrogens is 288 g/mol. The van der Waals surface area contributed by atoms with Crippen molar-refractivity contribution in [3.63, 3.8) is 0 Å². The second-order valence-corrected chi connectivity index (χ2v) is 6.09. The van der Waals surface area contributed by atoms with Gasteiger partial charge in [-0.15, -0.1) is 0 Å². The minimum absolute atomic E-state index is 0.169. The summed E-state index contributed by atoms with van der Waals surface area (Å²) in [5.74, 6) is 1.32. The molecule has 0 unspecified atom stereocenters. The largest absolute Gasteiger partial charge is 0.495 e. The summed E-state index contributed by atoms with van der Waals surface area (Å²) in [4.78, 5) is 13.3. The molecule has 5 heteroatoms. The molecule has 1 heterocycles. The number of methoxy groups -OCH3 is 1. The first-order valence-corrected chi connectivity index (χ1v) is 7.70. The average Bonchev–Trinajstić information content (AvgIpc) is 2.46. The van der Waals surface area contributed by atoms with E-state index < -0.39 is 0 Å². The first-order valence-electron chi connectivity index (χ1n) is 7.32. The fourth-order valence-electron chi connectivity index (χ4n) is 2.80. The van der Waals surface area contributed by atoms with Crippen LogP contribution in [0, 0.1) is 5.92 Å². The zero-order chi connectivity index (χ0) is 15.4. The van der Waals surface area contributed by atoms with Crippen LogP contribution in [0.15, 0.2) is 18.2 Å². The molecule has 0 radical (unpaired) electrons. The van der Waals surface area contributed by atoms with Gasteiger partial charge in [0.2, 0.25) is 5.91 Å². The molecule has 4 nitrogen and oxygen atoms in total. The monoisotopic (exact) mass is 310 g/mol. The number of likely N-dealkylation sites (tertiary alicyclic amines) is 1.